The van der Waals surface area contributed by atoms with Crippen LogP contribution in [0.25, 0.3) is 0 Å². The Morgan fingerprint density at radius 3 is 2.32 bits per heavy atom. The number of halogens is 1. The third-order valence-corrected chi connectivity index (χ3v) is 4.92. The van der Waals surface area contributed by atoms with E-state index >= 15 is 0 Å². The number of hydrogen-bond donors (Lipinski definition) is 3. The van der Waals surface area contributed by atoms with E-state index in [4.69, 9.17) is 0 Å². The summed E-state index contributed by atoms with van der Waals surface area (Å²) in [6, 6.07) is 8.80. The second kappa shape index (κ2) is 10.3. The van der Waals surface area contributed by atoms with Crippen molar-refractivity contribution in [1.82, 2.24) is 15.5 Å². The molecule has 1 aromatic rings. The highest BCUT2D eigenvalue weighted by molar-refractivity contribution is 14.0. The van der Waals surface area contributed by atoms with E-state index in [1.165, 1.54) is 24.0 Å². The topological polar surface area (TPSA) is 59.9 Å². The van der Waals surface area contributed by atoms with Gasteiger partial charge in [0.1, 0.15) is 0 Å². The first-order valence-electron chi connectivity index (χ1n) is 9.15. The molecule has 0 amide bonds. The molecule has 1 heterocycles. The number of aliphatic imine (C=N–C) groups is 1. The number of likely N-dealkylation sites (tertiary alicyclic amines) is 1. The van der Waals surface area contributed by atoms with Gasteiger partial charge in [0.15, 0.2) is 5.96 Å². The van der Waals surface area contributed by atoms with E-state index in [9.17, 15) is 5.11 Å². The Morgan fingerprint density at radius 2 is 1.72 bits per heavy atom. The highest BCUT2D eigenvalue weighted by atomic mass is 127. The fourth-order valence-corrected chi connectivity index (χ4v) is 3.07. The molecule has 1 saturated carbocycles. The van der Waals surface area contributed by atoms with Crippen molar-refractivity contribution in [2.24, 2.45) is 10.9 Å². The van der Waals surface area contributed by atoms with Crippen LogP contribution >= 0.6 is 24.0 Å². The summed E-state index contributed by atoms with van der Waals surface area (Å²) < 4.78 is 0. The van der Waals surface area contributed by atoms with Crippen molar-refractivity contribution >= 4 is 29.9 Å². The molecule has 1 aliphatic heterocycles. The number of aliphatic hydroxyl groups excluding tert-OH is 1. The summed E-state index contributed by atoms with van der Waals surface area (Å²) >= 11 is 0. The highest BCUT2D eigenvalue weighted by Gasteiger charge is 2.21. The average Bonchev–Trinajstić information content (AvgIpc) is 3.43. The maximum Gasteiger partial charge on any atom is 0.191 e. The molecule has 6 heteroatoms. The summed E-state index contributed by atoms with van der Waals surface area (Å²) in [6.07, 6.45) is 4.39. The number of hydrogen-bond acceptors (Lipinski definition) is 3. The lowest BCUT2D eigenvalue weighted by Gasteiger charge is -2.29. The third kappa shape index (κ3) is 7.11. The lowest BCUT2D eigenvalue weighted by Crippen LogP contribution is -2.37. The molecule has 0 aromatic heterocycles. The number of rotatable bonds is 6. The first-order chi connectivity index (χ1) is 11.7. The van der Waals surface area contributed by atoms with Crippen LogP contribution in [0.3, 0.4) is 0 Å². The number of nitrogens with zero attached hydrogens (tertiary/aromatic N) is 2. The summed E-state index contributed by atoms with van der Waals surface area (Å²) in [5.41, 5.74) is 2.61. The molecule has 0 atom stereocenters. The zero-order chi connectivity index (χ0) is 16.8. The van der Waals surface area contributed by atoms with Gasteiger partial charge < -0.3 is 15.7 Å². The summed E-state index contributed by atoms with van der Waals surface area (Å²) in [7, 11) is 1.82. The monoisotopic (exact) mass is 458 g/mol. The molecule has 2 aliphatic rings. The van der Waals surface area contributed by atoms with Crippen molar-refractivity contribution < 1.29 is 5.11 Å². The van der Waals surface area contributed by atoms with Crippen molar-refractivity contribution in [2.45, 2.75) is 44.9 Å². The maximum atomic E-state index is 9.58. The molecule has 3 N–H and O–H groups in total. The molecule has 1 aromatic carbocycles. The standard InChI is InChI=1S/C19H30N4O.HI/c1-20-19(21-12-15-2-3-15)22-13-16-4-6-17(7-5-16)14-23-10-8-18(24)9-11-23;/h4-7,15,18,24H,2-3,8-14H2,1H3,(H2,20,21,22);1H. The smallest absolute Gasteiger partial charge is 0.191 e. The van der Waals surface area contributed by atoms with Gasteiger partial charge in [-0.3, -0.25) is 9.89 Å². The fraction of sp³-hybridized carbons (Fsp3) is 0.632. The van der Waals surface area contributed by atoms with Crippen LogP contribution in [0.4, 0.5) is 0 Å². The molecule has 2 fully saturated rings. The van der Waals surface area contributed by atoms with Crippen LogP contribution in [-0.4, -0.2) is 48.8 Å². The van der Waals surface area contributed by atoms with Crippen LogP contribution in [0.1, 0.15) is 36.8 Å². The van der Waals surface area contributed by atoms with Crippen LogP contribution in [0.5, 0.6) is 0 Å². The molecule has 25 heavy (non-hydrogen) atoms. The minimum atomic E-state index is -0.0994. The summed E-state index contributed by atoms with van der Waals surface area (Å²) in [6.45, 7) is 4.79. The van der Waals surface area contributed by atoms with Crippen LogP contribution < -0.4 is 10.6 Å². The van der Waals surface area contributed by atoms with Crippen LogP contribution in [0.15, 0.2) is 29.3 Å². The molecule has 1 saturated heterocycles. The number of guanidine groups is 1. The molecule has 5 nitrogen and oxygen atoms in total. The lowest BCUT2D eigenvalue weighted by molar-refractivity contribution is 0.0792. The Kier molecular flexibility index (Phi) is 8.45. The first-order valence-corrected chi connectivity index (χ1v) is 9.15. The average molecular weight is 458 g/mol. The minimum Gasteiger partial charge on any atom is -0.393 e. The van der Waals surface area contributed by atoms with Crippen LogP contribution in [0, 0.1) is 5.92 Å². The minimum absolute atomic E-state index is 0. The number of nitrogens with one attached hydrogen (secondary N) is 2. The Hall–Kier alpha value is -0.860. The number of benzene rings is 1. The van der Waals surface area contributed by atoms with Crippen LogP contribution in [-0.2, 0) is 13.1 Å². The van der Waals surface area contributed by atoms with Gasteiger partial charge in [-0.15, -0.1) is 24.0 Å². The molecule has 0 radical (unpaired) electrons. The summed E-state index contributed by atoms with van der Waals surface area (Å²) in [4.78, 5) is 6.69. The fourth-order valence-electron chi connectivity index (χ4n) is 3.07. The predicted octanol–water partition coefficient (Wildman–Crippen LogP) is 2.34. The van der Waals surface area contributed by atoms with E-state index in [1.54, 1.807) is 0 Å². The highest BCUT2D eigenvalue weighted by Crippen LogP contribution is 2.27. The molecule has 1 aliphatic carbocycles. The van der Waals surface area contributed by atoms with E-state index in [1.807, 2.05) is 7.05 Å². The van der Waals surface area contributed by atoms with Gasteiger partial charge >= 0.3 is 0 Å². The maximum absolute atomic E-state index is 9.58. The van der Waals surface area contributed by atoms with Gasteiger partial charge in [-0.05, 0) is 42.7 Å². The van der Waals surface area contributed by atoms with Gasteiger partial charge in [0.05, 0.1) is 6.10 Å². The van der Waals surface area contributed by atoms with Crippen LogP contribution in [0.2, 0.25) is 0 Å². The lowest BCUT2D eigenvalue weighted by atomic mass is 10.1. The molecule has 140 valence electrons. The van der Waals surface area contributed by atoms with Gasteiger partial charge in [-0.2, -0.15) is 0 Å². The van der Waals surface area contributed by atoms with E-state index in [0.29, 0.717) is 0 Å². The van der Waals surface area contributed by atoms with Crippen molar-refractivity contribution in [1.29, 1.82) is 0 Å². The van der Waals surface area contributed by atoms with Gasteiger partial charge in [0.25, 0.3) is 0 Å². The summed E-state index contributed by atoms with van der Waals surface area (Å²) in [5.74, 6) is 1.73. The number of piperidine rings is 1. The molecule has 0 bridgehead atoms. The largest absolute Gasteiger partial charge is 0.393 e. The quantitative estimate of drug-likeness (QED) is 0.348. The van der Waals surface area contributed by atoms with Crippen molar-refractivity contribution in [3.63, 3.8) is 0 Å². The zero-order valence-corrected chi connectivity index (χ0v) is 17.4. The predicted molar refractivity (Wildman–Crippen MR) is 113 cm³/mol. The normalized spacial score (nSPS) is 19.4. The van der Waals surface area contributed by atoms with Gasteiger partial charge in [-0.1, -0.05) is 24.3 Å². The van der Waals surface area contributed by atoms with Crippen molar-refractivity contribution in [3.8, 4) is 0 Å². The molecule has 0 spiro atoms. The Labute approximate surface area is 168 Å². The molecule has 0 unspecified atom stereocenters. The second-order valence-corrected chi connectivity index (χ2v) is 7.07. The van der Waals surface area contributed by atoms with Crippen molar-refractivity contribution in [2.75, 3.05) is 26.7 Å². The third-order valence-electron chi connectivity index (χ3n) is 4.92. The number of aliphatic hydroxyl groups is 1. The first kappa shape index (κ1) is 20.5. The summed E-state index contributed by atoms with van der Waals surface area (Å²) in [5, 5.41) is 16.3. The van der Waals surface area contributed by atoms with Gasteiger partial charge in [0.2, 0.25) is 0 Å². The second-order valence-electron chi connectivity index (χ2n) is 7.07. The van der Waals surface area contributed by atoms with E-state index in [2.05, 4.69) is 44.8 Å². The molecular weight excluding hydrogens is 427 g/mol. The zero-order valence-electron chi connectivity index (χ0n) is 15.1. The van der Waals surface area contributed by atoms with E-state index in [-0.39, 0.29) is 30.1 Å². The Morgan fingerprint density at radius 1 is 1.08 bits per heavy atom. The van der Waals surface area contributed by atoms with Gasteiger partial charge in [0, 0.05) is 39.8 Å². The molecule has 3 rings (SSSR count). The Bertz CT molecular complexity index is 537. The van der Waals surface area contributed by atoms with E-state index in [0.717, 1.165) is 57.4 Å². The van der Waals surface area contributed by atoms with Crippen molar-refractivity contribution in [3.05, 3.63) is 35.4 Å². The van der Waals surface area contributed by atoms with E-state index < -0.39 is 0 Å². The SMILES string of the molecule is CN=C(NCc1ccc(CN2CCC(O)CC2)cc1)NCC1CC1.I. The molecular formula is C19H31IN4O. The Balaban J connectivity index is 0.00000225. The van der Waals surface area contributed by atoms with Gasteiger partial charge in [-0.25, -0.2) is 0 Å².